The van der Waals surface area contributed by atoms with Crippen LogP contribution in [0.25, 0.3) is 0 Å². The highest BCUT2D eigenvalue weighted by Gasteiger charge is 2.39. The van der Waals surface area contributed by atoms with Crippen molar-refractivity contribution in [2.45, 2.75) is 82.3 Å². The van der Waals surface area contributed by atoms with Gasteiger partial charge in [-0.05, 0) is 45.4 Å². The number of carbonyl (C=O) groups is 1. The van der Waals surface area contributed by atoms with Gasteiger partial charge >= 0.3 is 0 Å². The van der Waals surface area contributed by atoms with Crippen molar-refractivity contribution < 1.29 is 14.4 Å². The summed E-state index contributed by atoms with van der Waals surface area (Å²) in [5.41, 5.74) is -1.22. The molecule has 1 heterocycles. The molecule has 6 heteroatoms. The summed E-state index contributed by atoms with van der Waals surface area (Å²) in [4.78, 5) is 16.7. The van der Waals surface area contributed by atoms with Gasteiger partial charge < -0.3 is 14.9 Å². The quantitative estimate of drug-likeness (QED) is 0.892. The van der Waals surface area contributed by atoms with Crippen LogP contribution in [0.4, 0.5) is 0 Å². The summed E-state index contributed by atoms with van der Waals surface area (Å²) in [7, 11) is 0. The third-order valence-corrected chi connectivity index (χ3v) is 5.00. The Balaban J connectivity index is 1.61. The van der Waals surface area contributed by atoms with Gasteiger partial charge in [-0.25, -0.2) is 0 Å². The SMILES string of the molecule is CC(NC(=O)C1(O)CCCC1)c1nc(C2CCCCC2)no1. The molecule has 0 aliphatic heterocycles. The van der Waals surface area contributed by atoms with Crippen LogP contribution >= 0.6 is 0 Å². The van der Waals surface area contributed by atoms with Crippen LogP contribution < -0.4 is 5.32 Å². The number of rotatable bonds is 4. The van der Waals surface area contributed by atoms with Crippen molar-refractivity contribution in [3.8, 4) is 0 Å². The fourth-order valence-corrected chi connectivity index (χ4v) is 3.53. The monoisotopic (exact) mass is 307 g/mol. The van der Waals surface area contributed by atoms with Crippen molar-refractivity contribution in [1.82, 2.24) is 15.5 Å². The number of hydrogen-bond acceptors (Lipinski definition) is 5. The van der Waals surface area contributed by atoms with E-state index in [4.69, 9.17) is 4.52 Å². The Kier molecular flexibility index (Phi) is 4.47. The minimum atomic E-state index is -1.22. The largest absolute Gasteiger partial charge is 0.380 e. The smallest absolute Gasteiger partial charge is 0.252 e. The third kappa shape index (κ3) is 3.16. The summed E-state index contributed by atoms with van der Waals surface area (Å²) in [5, 5.41) is 17.2. The summed E-state index contributed by atoms with van der Waals surface area (Å²) in [6, 6.07) is -0.373. The summed E-state index contributed by atoms with van der Waals surface area (Å²) < 4.78 is 5.32. The fourth-order valence-electron chi connectivity index (χ4n) is 3.53. The van der Waals surface area contributed by atoms with Gasteiger partial charge in [-0.3, -0.25) is 4.79 Å². The van der Waals surface area contributed by atoms with Gasteiger partial charge in [0.05, 0.1) is 0 Å². The molecule has 0 bridgehead atoms. The zero-order chi connectivity index (χ0) is 15.6. The molecular formula is C16H25N3O3. The fraction of sp³-hybridized carbons (Fsp3) is 0.812. The molecule has 2 aliphatic carbocycles. The lowest BCUT2D eigenvalue weighted by Crippen LogP contribution is -2.45. The number of hydrogen-bond donors (Lipinski definition) is 2. The lowest BCUT2D eigenvalue weighted by Gasteiger charge is -2.22. The number of aromatic nitrogens is 2. The molecule has 3 rings (SSSR count). The Morgan fingerprint density at radius 2 is 1.95 bits per heavy atom. The Bertz CT molecular complexity index is 516. The molecule has 2 aliphatic rings. The zero-order valence-corrected chi connectivity index (χ0v) is 13.2. The predicted molar refractivity (Wildman–Crippen MR) is 80.1 cm³/mol. The zero-order valence-electron chi connectivity index (χ0n) is 13.2. The highest BCUT2D eigenvalue weighted by Crippen LogP contribution is 2.32. The van der Waals surface area contributed by atoms with E-state index >= 15 is 0 Å². The molecule has 1 aromatic rings. The first-order valence-corrected chi connectivity index (χ1v) is 8.45. The molecule has 2 fully saturated rings. The van der Waals surface area contributed by atoms with E-state index in [0.717, 1.165) is 31.5 Å². The van der Waals surface area contributed by atoms with Crippen LogP contribution in [0.5, 0.6) is 0 Å². The molecule has 0 radical (unpaired) electrons. The van der Waals surface area contributed by atoms with Crippen LogP contribution in [-0.2, 0) is 4.79 Å². The molecule has 1 amide bonds. The van der Waals surface area contributed by atoms with E-state index < -0.39 is 5.60 Å². The van der Waals surface area contributed by atoms with E-state index in [-0.39, 0.29) is 11.9 Å². The van der Waals surface area contributed by atoms with E-state index in [0.29, 0.717) is 24.7 Å². The molecule has 22 heavy (non-hydrogen) atoms. The van der Waals surface area contributed by atoms with Gasteiger partial charge in [0.15, 0.2) is 5.82 Å². The van der Waals surface area contributed by atoms with Gasteiger partial charge in [0.2, 0.25) is 5.89 Å². The first kappa shape index (κ1) is 15.5. The second kappa shape index (κ2) is 6.36. The minimum absolute atomic E-state index is 0.324. The maximum Gasteiger partial charge on any atom is 0.252 e. The Morgan fingerprint density at radius 1 is 1.27 bits per heavy atom. The number of aliphatic hydroxyl groups is 1. The van der Waals surface area contributed by atoms with Crippen LogP contribution in [0.15, 0.2) is 4.52 Å². The number of nitrogens with zero attached hydrogens (tertiary/aromatic N) is 2. The van der Waals surface area contributed by atoms with Gasteiger partial charge in [-0.2, -0.15) is 4.98 Å². The lowest BCUT2D eigenvalue weighted by atomic mass is 9.89. The summed E-state index contributed by atoms with van der Waals surface area (Å²) in [6.45, 7) is 1.81. The Labute approximate surface area is 130 Å². The normalized spacial score (nSPS) is 23.4. The maximum atomic E-state index is 12.2. The van der Waals surface area contributed by atoms with Crippen LogP contribution in [0.1, 0.15) is 88.4 Å². The molecule has 0 aromatic carbocycles. The van der Waals surface area contributed by atoms with Gasteiger partial charge in [-0.15, -0.1) is 0 Å². The summed E-state index contributed by atoms with van der Waals surface area (Å²) >= 11 is 0. The summed E-state index contributed by atoms with van der Waals surface area (Å²) in [6.07, 6.45) is 8.79. The van der Waals surface area contributed by atoms with Gasteiger partial charge in [0.25, 0.3) is 5.91 Å². The number of carbonyl (C=O) groups excluding carboxylic acids is 1. The van der Waals surface area contributed by atoms with Crippen molar-refractivity contribution in [3.05, 3.63) is 11.7 Å². The van der Waals surface area contributed by atoms with Crippen LogP contribution in [0, 0.1) is 0 Å². The van der Waals surface area contributed by atoms with E-state index in [1.165, 1.54) is 19.3 Å². The average molecular weight is 307 g/mol. The van der Waals surface area contributed by atoms with Gasteiger partial charge in [-0.1, -0.05) is 24.4 Å². The van der Waals surface area contributed by atoms with E-state index in [9.17, 15) is 9.90 Å². The minimum Gasteiger partial charge on any atom is -0.380 e. The predicted octanol–water partition coefficient (Wildman–Crippen LogP) is 2.60. The van der Waals surface area contributed by atoms with Crippen LogP contribution in [0.3, 0.4) is 0 Å². The van der Waals surface area contributed by atoms with E-state index in [1.54, 1.807) is 0 Å². The molecule has 0 spiro atoms. The molecule has 122 valence electrons. The van der Waals surface area contributed by atoms with Gasteiger partial charge in [0, 0.05) is 5.92 Å². The number of amides is 1. The lowest BCUT2D eigenvalue weighted by molar-refractivity contribution is -0.140. The average Bonchev–Trinajstić information content (AvgIpc) is 3.18. The molecule has 0 saturated heterocycles. The molecule has 1 unspecified atom stereocenters. The first-order valence-electron chi connectivity index (χ1n) is 8.45. The van der Waals surface area contributed by atoms with Crippen molar-refractivity contribution >= 4 is 5.91 Å². The molecular weight excluding hydrogens is 282 g/mol. The topological polar surface area (TPSA) is 88.2 Å². The Morgan fingerprint density at radius 3 is 2.64 bits per heavy atom. The molecule has 2 N–H and O–H groups in total. The first-order chi connectivity index (χ1) is 10.6. The standard InChI is InChI=1S/C16H25N3O3/c1-11(17-15(20)16(21)9-5-6-10-16)14-18-13(19-22-14)12-7-3-2-4-8-12/h11-12,21H,2-10H2,1H3,(H,17,20). The number of nitrogens with one attached hydrogen (secondary N) is 1. The van der Waals surface area contributed by atoms with Gasteiger partial charge in [0.1, 0.15) is 11.6 Å². The molecule has 6 nitrogen and oxygen atoms in total. The molecule has 2 saturated carbocycles. The third-order valence-electron chi connectivity index (χ3n) is 5.00. The second-order valence-electron chi connectivity index (χ2n) is 6.76. The highest BCUT2D eigenvalue weighted by atomic mass is 16.5. The van der Waals surface area contributed by atoms with E-state index in [1.807, 2.05) is 6.92 Å². The summed E-state index contributed by atoms with van der Waals surface area (Å²) in [5.74, 6) is 1.24. The molecule has 1 aromatic heterocycles. The highest BCUT2D eigenvalue weighted by molar-refractivity contribution is 5.85. The maximum absolute atomic E-state index is 12.2. The van der Waals surface area contributed by atoms with E-state index in [2.05, 4.69) is 15.5 Å². The van der Waals surface area contributed by atoms with Crippen molar-refractivity contribution in [1.29, 1.82) is 0 Å². The second-order valence-corrected chi connectivity index (χ2v) is 6.76. The van der Waals surface area contributed by atoms with Crippen LogP contribution in [-0.4, -0.2) is 26.8 Å². The van der Waals surface area contributed by atoms with Crippen molar-refractivity contribution in [3.63, 3.8) is 0 Å². The Hall–Kier alpha value is -1.43. The van der Waals surface area contributed by atoms with Crippen molar-refractivity contribution in [2.75, 3.05) is 0 Å². The van der Waals surface area contributed by atoms with Crippen molar-refractivity contribution in [2.24, 2.45) is 0 Å². The molecule has 1 atom stereocenters. The van der Waals surface area contributed by atoms with Crippen LogP contribution in [0.2, 0.25) is 0 Å².